The van der Waals surface area contributed by atoms with Crippen LogP contribution in [0.3, 0.4) is 0 Å². The molecule has 2 rings (SSSR count). The zero-order valence-electron chi connectivity index (χ0n) is 9.77. The number of nitrogens with one attached hydrogen (secondary N) is 1. The van der Waals surface area contributed by atoms with Crippen LogP contribution in [0.5, 0.6) is 5.75 Å². The van der Waals surface area contributed by atoms with E-state index in [1.165, 1.54) is 12.1 Å². The van der Waals surface area contributed by atoms with Crippen LogP contribution in [0.2, 0.25) is 5.02 Å². The minimum atomic E-state index is -0.460. The van der Waals surface area contributed by atoms with E-state index < -0.39 is 5.82 Å². The molecule has 1 heterocycles. The number of hydrogen-bond donors (Lipinski definition) is 1. The summed E-state index contributed by atoms with van der Waals surface area (Å²) in [6, 6.07) is 7.02. The summed E-state index contributed by atoms with van der Waals surface area (Å²) in [5.74, 6) is -0.543. The molecule has 0 unspecified atom stereocenters. The summed E-state index contributed by atoms with van der Waals surface area (Å²) in [5.41, 5.74) is 0.619. The molecule has 4 nitrogen and oxygen atoms in total. The molecule has 1 aromatic heterocycles. The highest BCUT2D eigenvalue weighted by molar-refractivity contribution is 6.32. The molecule has 0 atom stereocenters. The number of hydrogen-bond acceptors (Lipinski definition) is 3. The molecule has 19 heavy (non-hydrogen) atoms. The topological polar surface area (TPSA) is 51.2 Å². The normalized spacial score (nSPS) is 10.0. The standard InChI is InChI=1S/C13H10ClFN2O2/c14-11-7-9(15)1-2-12(11)19-8-13(18)17-10-3-5-16-6-4-10/h1-7H,8H2,(H,16,17,18). The van der Waals surface area contributed by atoms with E-state index >= 15 is 0 Å². The molecule has 0 radical (unpaired) electrons. The van der Waals surface area contributed by atoms with Gasteiger partial charge in [-0.15, -0.1) is 0 Å². The van der Waals surface area contributed by atoms with Crippen LogP contribution in [0.25, 0.3) is 0 Å². The van der Waals surface area contributed by atoms with Gasteiger partial charge in [-0.2, -0.15) is 0 Å². The summed E-state index contributed by atoms with van der Waals surface area (Å²) in [6.07, 6.45) is 3.13. The lowest BCUT2D eigenvalue weighted by atomic mass is 10.3. The lowest BCUT2D eigenvalue weighted by molar-refractivity contribution is -0.118. The predicted molar refractivity (Wildman–Crippen MR) is 69.8 cm³/mol. The first-order valence-electron chi connectivity index (χ1n) is 5.43. The van der Waals surface area contributed by atoms with Gasteiger partial charge in [0.2, 0.25) is 0 Å². The van der Waals surface area contributed by atoms with Gasteiger partial charge in [0.25, 0.3) is 5.91 Å². The fourth-order valence-electron chi connectivity index (χ4n) is 1.37. The Labute approximate surface area is 114 Å². The second kappa shape index (κ2) is 6.15. The van der Waals surface area contributed by atoms with Crippen LogP contribution in [0.4, 0.5) is 10.1 Å². The van der Waals surface area contributed by atoms with Crippen molar-refractivity contribution in [1.29, 1.82) is 0 Å². The first-order valence-corrected chi connectivity index (χ1v) is 5.80. The Morgan fingerprint density at radius 3 is 2.74 bits per heavy atom. The van der Waals surface area contributed by atoms with Gasteiger partial charge < -0.3 is 10.1 Å². The zero-order valence-corrected chi connectivity index (χ0v) is 10.5. The van der Waals surface area contributed by atoms with Crippen LogP contribution in [-0.4, -0.2) is 17.5 Å². The molecule has 98 valence electrons. The molecule has 1 aromatic carbocycles. The van der Waals surface area contributed by atoms with E-state index in [1.807, 2.05) is 0 Å². The van der Waals surface area contributed by atoms with Crippen LogP contribution < -0.4 is 10.1 Å². The van der Waals surface area contributed by atoms with Gasteiger partial charge in [0.1, 0.15) is 11.6 Å². The first-order chi connectivity index (χ1) is 9.15. The molecule has 1 amide bonds. The summed E-state index contributed by atoms with van der Waals surface area (Å²) in [7, 11) is 0. The number of aromatic nitrogens is 1. The lowest BCUT2D eigenvalue weighted by Crippen LogP contribution is -2.20. The van der Waals surface area contributed by atoms with Crippen molar-refractivity contribution in [2.75, 3.05) is 11.9 Å². The highest BCUT2D eigenvalue weighted by Crippen LogP contribution is 2.24. The van der Waals surface area contributed by atoms with Crippen molar-refractivity contribution in [2.24, 2.45) is 0 Å². The van der Waals surface area contributed by atoms with E-state index in [0.717, 1.165) is 6.07 Å². The number of nitrogens with zero attached hydrogens (tertiary/aromatic N) is 1. The van der Waals surface area contributed by atoms with E-state index in [4.69, 9.17) is 16.3 Å². The first kappa shape index (κ1) is 13.3. The summed E-state index contributed by atoms with van der Waals surface area (Å²) in [6.45, 7) is -0.215. The number of amides is 1. The third-order valence-electron chi connectivity index (χ3n) is 2.22. The van der Waals surface area contributed by atoms with Gasteiger partial charge in [-0.25, -0.2) is 4.39 Å². The van der Waals surface area contributed by atoms with Gasteiger partial charge in [-0.1, -0.05) is 11.6 Å². The molecule has 0 aliphatic rings. The molecular weight excluding hydrogens is 271 g/mol. The largest absolute Gasteiger partial charge is 0.482 e. The van der Waals surface area contributed by atoms with Crippen molar-refractivity contribution in [2.45, 2.75) is 0 Å². The van der Waals surface area contributed by atoms with E-state index in [9.17, 15) is 9.18 Å². The maximum Gasteiger partial charge on any atom is 0.262 e. The van der Waals surface area contributed by atoms with E-state index in [0.29, 0.717) is 5.69 Å². The minimum Gasteiger partial charge on any atom is -0.482 e. The van der Waals surface area contributed by atoms with Gasteiger partial charge >= 0.3 is 0 Å². The Kier molecular flexibility index (Phi) is 4.30. The number of carbonyl (C=O) groups is 1. The number of pyridine rings is 1. The number of rotatable bonds is 4. The summed E-state index contributed by atoms with van der Waals surface area (Å²) in [4.78, 5) is 15.4. The van der Waals surface area contributed by atoms with Crippen LogP contribution in [0.1, 0.15) is 0 Å². The maximum atomic E-state index is 12.8. The monoisotopic (exact) mass is 280 g/mol. The fraction of sp³-hybridized carbons (Fsp3) is 0.0769. The number of anilines is 1. The second-order valence-electron chi connectivity index (χ2n) is 3.65. The quantitative estimate of drug-likeness (QED) is 0.937. The summed E-state index contributed by atoms with van der Waals surface area (Å²) >= 11 is 5.77. The predicted octanol–water partition coefficient (Wildman–Crippen LogP) is 2.89. The third-order valence-corrected chi connectivity index (χ3v) is 2.51. The van der Waals surface area contributed by atoms with Crippen molar-refractivity contribution in [3.05, 3.63) is 53.6 Å². The number of ether oxygens (including phenoxy) is 1. The molecule has 0 spiro atoms. The van der Waals surface area contributed by atoms with Gasteiger partial charge in [-0.05, 0) is 30.3 Å². The van der Waals surface area contributed by atoms with Crippen LogP contribution >= 0.6 is 11.6 Å². The molecule has 1 N–H and O–H groups in total. The maximum absolute atomic E-state index is 12.8. The number of halogens is 2. The van der Waals surface area contributed by atoms with Gasteiger partial charge in [0.15, 0.2) is 6.61 Å². The Bertz CT molecular complexity index is 578. The molecule has 0 fully saturated rings. The highest BCUT2D eigenvalue weighted by Gasteiger charge is 2.07. The van der Waals surface area contributed by atoms with Crippen molar-refractivity contribution in [3.8, 4) is 5.75 Å². The summed E-state index contributed by atoms with van der Waals surface area (Å²) in [5, 5.41) is 2.74. The van der Waals surface area contributed by atoms with Crippen LogP contribution in [0, 0.1) is 5.82 Å². The van der Waals surface area contributed by atoms with E-state index in [2.05, 4.69) is 10.3 Å². The van der Waals surface area contributed by atoms with E-state index in [1.54, 1.807) is 24.5 Å². The fourth-order valence-corrected chi connectivity index (χ4v) is 1.59. The van der Waals surface area contributed by atoms with Crippen molar-refractivity contribution in [1.82, 2.24) is 4.98 Å². The van der Waals surface area contributed by atoms with E-state index in [-0.39, 0.29) is 23.3 Å². The molecule has 0 aliphatic heterocycles. The second-order valence-corrected chi connectivity index (χ2v) is 4.05. The molecule has 0 bridgehead atoms. The Hall–Kier alpha value is -2.14. The van der Waals surface area contributed by atoms with Crippen molar-refractivity contribution >= 4 is 23.2 Å². The Morgan fingerprint density at radius 2 is 2.05 bits per heavy atom. The van der Waals surface area contributed by atoms with Gasteiger partial charge in [0.05, 0.1) is 5.02 Å². The van der Waals surface area contributed by atoms with Gasteiger partial charge in [-0.3, -0.25) is 9.78 Å². The van der Waals surface area contributed by atoms with Gasteiger partial charge in [0, 0.05) is 18.1 Å². The number of benzene rings is 1. The lowest BCUT2D eigenvalue weighted by Gasteiger charge is -2.08. The molecular formula is C13H10ClFN2O2. The van der Waals surface area contributed by atoms with Crippen molar-refractivity contribution < 1.29 is 13.9 Å². The smallest absolute Gasteiger partial charge is 0.262 e. The minimum absolute atomic E-state index is 0.122. The summed E-state index contributed by atoms with van der Waals surface area (Å²) < 4.78 is 18.0. The number of carbonyl (C=O) groups excluding carboxylic acids is 1. The van der Waals surface area contributed by atoms with Crippen LogP contribution in [-0.2, 0) is 4.79 Å². The Morgan fingerprint density at radius 1 is 1.32 bits per heavy atom. The molecule has 0 aliphatic carbocycles. The average molecular weight is 281 g/mol. The van der Waals surface area contributed by atoms with Crippen LogP contribution in [0.15, 0.2) is 42.7 Å². The molecule has 0 saturated carbocycles. The Balaban J connectivity index is 1.90. The average Bonchev–Trinajstić information content (AvgIpc) is 2.39. The molecule has 2 aromatic rings. The molecule has 0 saturated heterocycles. The zero-order chi connectivity index (χ0) is 13.7. The SMILES string of the molecule is O=C(COc1ccc(F)cc1Cl)Nc1ccncc1. The third kappa shape index (κ3) is 3.93. The highest BCUT2D eigenvalue weighted by atomic mass is 35.5. The molecule has 6 heteroatoms. The van der Waals surface area contributed by atoms with Crippen molar-refractivity contribution in [3.63, 3.8) is 0 Å².